The highest BCUT2D eigenvalue weighted by molar-refractivity contribution is 5.92. The van der Waals surface area contributed by atoms with Gasteiger partial charge in [0.15, 0.2) is 0 Å². The molecule has 2 aromatic carbocycles. The van der Waals surface area contributed by atoms with E-state index in [4.69, 9.17) is 0 Å². The molecular weight excluding hydrogens is 310 g/mol. The van der Waals surface area contributed by atoms with Crippen LogP contribution in [0.1, 0.15) is 23.9 Å². The van der Waals surface area contributed by atoms with Gasteiger partial charge >= 0.3 is 0 Å². The molecule has 3 rings (SSSR count). The minimum atomic E-state index is -0.147. The summed E-state index contributed by atoms with van der Waals surface area (Å²) in [6, 6.07) is 20.2. The van der Waals surface area contributed by atoms with Crippen molar-refractivity contribution in [2.24, 2.45) is 0 Å². The molecule has 0 bridgehead atoms. The smallest absolute Gasteiger partial charge is 0.246 e. The highest BCUT2D eigenvalue weighted by atomic mass is 16.1. The summed E-state index contributed by atoms with van der Waals surface area (Å²) in [4.78, 5) is 16.5. The molecule has 0 saturated heterocycles. The van der Waals surface area contributed by atoms with E-state index < -0.39 is 0 Å². The lowest BCUT2D eigenvalue weighted by Gasteiger charge is -2.12. The molecular formula is C21H21N3O. The van der Waals surface area contributed by atoms with Crippen LogP contribution in [-0.2, 0) is 17.8 Å². The number of carbonyl (C=O) groups excluding carboxylic acids is 1. The van der Waals surface area contributed by atoms with Crippen LogP contribution in [0.4, 0.5) is 0 Å². The standard InChI is InChI=1S/C21H21N3O/c1-16(2)21(25)22-14-20-19(13-17-9-5-3-6-10-17)23-15-24(20)18-11-7-4-8-12-18/h3-12,15H,1,13-14H2,2H3,(H,22,25). The molecule has 0 aliphatic rings. The third-order valence-electron chi connectivity index (χ3n) is 4.01. The fourth-order valence-corrected chi connectivity index (χ4v) is 2.66. The molecule has 25 heavy (non-hydrogen) atoms. The summed E-state index contributed by atoms with van der Waals surface area (Å²) in [6.07, 6.45) is 2.54. The van der Waals surface area contributed by atoms with Gasteiger partial charge in [-0.3, -0.25) is 4.79 Å². The van der Waals surface area contributed by atoms with E-state index in [2.05, 4.69) is 29.0 Å². The number of carbonyl (C=O) groups is 1. The van der Waals surface area contributed by atoms with Crippen LogP contribution in [0.3, 0.4) is 0 Å². The van der Waals surface area contributed by atoms with Gasteiger partial charge in [-0.1, -0.05) is 55.1 Å². The molecule has 0 aliphatic carbocycles. The normalized spacial score (nSPS) is 10.4. The Hall–Kier alpha value is -3.14. The topological polar surface area (TPSA) is 46.9 Å². The first kappa shape index (κ1) is 16.7. The van der Waals surface area contributed by atoms with Gasteiger partial charge in [-0.25, -0.2) is 4.98 Å². The summed E-state index contributed by atoms with van der Waals surface area (Å²) < 4.78 is 2.02. The molecule has 0 saturated carbocycles. The van der Waals surface area contributed by atoms with Crippen LogP contribution in [0.5, 0.6) is 0 Å². The van der Waals surface area contributed by atoms with Crippen molar-refractivity contribution in [3.8, 4) is 5.69 Å². The fourth-order valence-electron chi connectivity index (χ4n) is 2.66. The van der Waals surface area contributed by atoms with Gasteiger partial charge in [-0.2, -0.15) is 0 Å². The summed E-state index contributed by atoms with van der Waals surface area (Å²) in [5, 5.41) is 2.92. The van der Waals surface area contributed by atoms with E-state index in [1.807, 2.05) is 59.4 Å². The Kier molecular flexibility index (Phi) is 5.09. The predicted octanol–water partition coefficient (Wildman–Crippen LogP) is 3.66. The number of benzene rings is 2. The van der Waals surface area contributed by atoms with E-state index in [0.29, 0.717) is 12.1 Å². The van der Waals surface area contributed by atoms with E-state index in [1.54, 1.807) is 6.92 Å². The lowest BCUT2D eigenvalue weighted by atomic mass is 10.1. The SMILES string of the molecule is C=C(C)C(=O)NCc1c(Cc2ccccc2)ncn1-c1ccccc1. The van der Waals surface area contributed by atoms with Crippen molar-refractivity contribution >= 4 is 5.91 Å². The van der Waals surface area contributed by atoms with Crippen LogP contribution in [0, 0.1) is 0 Å². The van der Waals surface area contributed by atoms with Gasteiger partial charge < -0.3 is 9.88 Å². The molecule has 0 aliphatic heterocycles. The lowest BCUT2D eigenvalue weighted by Crippen LogP contribution is -2.25. The Morgan fingerprint density at radius 1 is 1.08 bits per heavy atom. The number of nitrogens with one attached hydrogen (secondary N) is 1. The maximum Gasteiger partial charge on any atom is 0.246 e. The minimum absolute atomic E-state index is 0.147. The van der Waals surface area contributed by atoms with Gasteiger partial charge in [-0.05, 0) is 24.6 Å². The zero-order valence-corrected chi connectivity index (χ0v) is 14.3. The quantitative estimate of drug-likeness (QED) is 0.701. The van der Waals surface area contributed by atoms with Crippen molar-refractivity contribution < 1.29 is 4.79 Å². The number of hydrogen-bond acceptors (Lipinski definition) is 2. The number of hydrogen-bond donors (Lipinski definition) is 1. The summed E-state index contributed by atoms with van der Waals surface area (Å²) in [7, 11) is 0. The molecule has 0 radical (unpaired) electrons. The molecule has 1 amide bonds. The van der Waals surface area contributed by atoms with E-state index in [1.165, 1.54) is 5.56 Å². The Morgan fingerprint density at radius 2 is 1.72 bits per heavy atom. The number of aromatic nitrogens is 2. The number of amides is 1. The third-order valence-corrected chi connectivity index (χ3v) is 4.01. The third kappa shape index (κ3) is 4.04. The largest absolute Gasteiger partial charge is 0.347 e. The predicted molar refractivity (Wildman–Crippen MR) is 99.5 cm³/mol. The van der Waals surface area contributed by atoms with E-state index in [9.17, 15) is 4.79 Å². The molecule has 0 unspecified atom stereocenters. The molecule has 0 atom stereocenters. The van der Waals surface area contributed by atoms with Gasteiger partial charge in [0.1, 0.15) is 0 Å². The van der Waals surface area contributed by atoms with Crippen molar-refractivity contribution in [1.82, 2.24) is 14.9 Å². The molecule has 4 heteroatoms. The number of imidazole rings is 1. The van der Waals surface area contributed by atoms with Crippen LogP contribution in [0.15, 0.2) is 79.1 Å². The van der Waals surface area contributed by atoms with Gasteiger partial charge in [0.05, 0.1) is 24.3 Å². The fraction of sp³-hybridized carbons (Fsp3) is 0.143. The zero-order chi connectivity index (χ0) is 17.6. The van der Waals surface area contributed by atoms with Gasteiger partial charge in [0, 0.05) is 17.7 Å². The van der Waals surface area contributed by atoms with Crippen molar-refractivity contribution in [3.05, 3.63) is 96.1 Å². The maximum absolute atomic E-state index is 11.9. The molecule has 1 aromatic heterocycles. The Balaban J connectivity index is 1.93. The van der Waals surface area contributed by atoms with E-state index in [0.717, 1.165) is 23.5 Å². The monoisotopic (exact) mass is 331 g/mol. The summed E-state index contributed by atoms with van der Waals surface area (Å²) in [5.41, 5.74) is 4.64. The number of para-hydroxylation sites is 1. The first-order valence-electron chi connectivity index (χ1n) is 8.23. The molecule has 0 fully saturated rings. The Bertz CT molecular complexity index is 867. The molecule has 1 heterocycles. The Morgan fingerprint density at radius 3 is 2.36 bits per heavy atom. The van der Waals surface area contributed by atoms with Crippen LogP contribution in [0.25, 0.3) is 5.69 Å². The van der Waals surface area contributed by atoms with Gasteiger partial charge in [0.25, 0.3) is 0 Å². The number of nitrogens with zero attached hydrogens (tertiary/aromatic N) is 2. The summed E-state index contributed by atoms with van der Waals surface area (Å²) in [5.74, 6) is -0.147. The van der Waals surface area contributed by atoms with Crippen molar-refractivity contribution in [2.75, 3.05) is 0 Å². The molecule has 1 N–H and O–H groups in total. The first-order valence-corrected chi connectivity index (χ1v) is 8.23. The van der Waals surface area contributed by atoms with Crippen LogP contribution in [-0.4, -0.2) is 15.5 Å². The highest BCUT2D eigenvalue weighted by Gasteiger charge is 2.14. The average Bonchev–Trinajstić information content (AvgIpc) is 3.03. The first-order chi connectivity index (χ1) is 12.1. The lowest BCUT2D eigenvalue weighted by molar-refractivity contribution is -0.117. The zero-order valence-electron chi connectivity index (χ0n) is 14.3. The van der Waals surface area contributed by atoms with Crippen LogP contribution in [0.2, 0.25) is 0 Å². The second-order valence-corrected chi connectivity index (χ2v) is 5.97. The van der Waals surface area contributed by atoms with Gasteiger partial charge in [0.2, 0.25) is 5.91 Å². The van der Waals surface area contributed by atoms with Crippen molar-refractivity contribution in [2.45, 2.75) is 19.9 Å². The van der Waals surface area contributed by atoms with Crippen LogP contribution < -0.4 is 5.32 Å². The van der Waals surface area contributed by atoms with Gasteiger partial charge in [-0.15, -0.1) is 0 Å². The maximum atomic E-state index is 11.9. The van der Waals surface area contributed by atoms with Crippen molar-refractivity contribution in [3.63, 3.8) is 0 Å². The van der Waals surface area contributed by atoms with E-state index >= 15 is 0 Å². The van der Waals surface area contributed by atoms with Crippen LogP contribution >= 0.6 is 0 Å². The second-order valence-electron chi connectivity index (χ2n) is 5.97. The molecule has 126 valence electrons. The second kappa shape index (κ2) is 7.62. The summed E-state index contributed by atoms with van der Waals surface area (Å²) in [6.45, 7) is 5.80. The average molecular weight is 331 g/mol. The van der Waals surface area contributed by atoms with Crippen molar-refractivity contribution in [1.29, 1.82) is 0 Å². The summed E-state index contributed by atoms with van der Waals surface area (Å²) >= 11 is 0. The number of rotatable bonds is 6. The molecule has 4 nitrogen and oxygen atoms in total. The van der Waals surface area contributed by atoms with E-state index in [-0.39, 0.29) is 5.91 Å². The minimum Gasteiger partial charge on any atom is -0.347 e. The molecule has 3 aromatic rings. The molecule has 0 spiro atoms. The Labute approximate surface area is 147 Å². The highest BCUT2D eigenvalue weighted by Crippen LogP contribution is 2.18.